The van der Waals surface area contributed by atoms with Crippen molar-refractivity contribution in [2.45, 2.75) is 19.3 Å². The molecule has 0 aliphatic rings. The standard InChI is InChI=1S/C11H29N5O2/c1-2-11(17,18)16-10-9-15-8-7-14-6-5-13-4-3-12/h13-18H,2-10,12H2,1H3. The molecule has 0 aromatic carbocycles. The van der Waals surface area contributed by atoms with Gasteiger partial charge >= 0.3 is 0 Å². The van der Waals surface area contributed by atoms with Gasteiger partial charge in [0.05, 0.1) is 0 Å². The molecule has 0 fully saturated rings. The van der Waals surface area contributed by atoms with Crippen molar-refractivity contribution in [2.24, 2.45) is 5.73 Å². The highest BCUT2D eigenvalue weighted by molar-refractivity contribution is 4.61. The molecule has 7 nitrogen and oxygen atoms in total. The zero-order chi connectivity index (χ0) is 13.7. The summed E-state index contributed by atoms with van der Waals surface area (Å²) in [6.07, 6.45) is 0.268. The molecule has 0 radical (unpaired) electrons. The van der Waals surface area contributed by atoms with Crippen LogP contribution in [0.1, 0.15) is 13.3 Å². The zero-order valence-corrected chi connectivity index (χ0v) is 11.3. The first-order valence-electron chi connectivity index (χ1n) is 6.64. The first kappa shape index (κ1) is 17.7. The molecule has 0 unspecified atom stereocenters. The maximum Gasteiger partial charge on any atom is 0.222 e. The van der Waals surface area contributed by atoms with Gasteiger partial charge in [0.2, 0.25) is 5.91 Å². The third-order valence-corrected chi connectivity index (χ3v) is 2.48. The smallest absolute Gasteiger partial charge is 0.222 e. The number of nitrogens with one attached hydrogen (secondary N) is 4. The maximum atomic E-state index is 9.26. The lowest BCUT2D eigenvalue weighted by molar-refractivity contribution is -0.186. The van der Waals surface area contributed by atoms with Gasteiger partial charge in [0.1, 0.15) is 0 Å². The summed E-state index contributed by atoms with van der Waals surface area (Å²) in [6, 6.07) is 0. The van der Waals surface area contributed by atoms with Crippen LogP contribution in [0.25, 0.3) is 0 Å². The molecule has 7 heteroatoms. The van der Waals surface area contributed by atoms with Crippen LogP contribution in [-0.4, -0.2) is 68.5 Å². The lowest BCUT2D eigenvalue weighted by Crippen LogP contribution is -2.47. The molecule has 0 saturated heterocycles. The number of rotatable bonds is 13. The van der Waals surface area contributed by atoms with E-state index in [0.29, 0.717) is 19.6 Å². The van der Waals surface area contributed by atoms with Gasteiger partial charge in [-0.2, -0.15) is 0 Å². The summed E-state index contributed by atoms with van der Waals surface area (Å²) in [5, 5.41) is 30.8. The van der Waals surface area contributed by atoms with Crippen molar-refractivity contribution in [3.63, 3.8) is 0 Å². The summed E-state index contributed by atoms with van der Waals surface area (Å²) in [7, 11) is 0. The van der Waals surface area contributed by atoms with Crippen LogP contribution in [0.15, 0.2) is 0 Å². The van der Waals surface area contributed by atoms with Crippen molar-refractivity contribution in [3.05, 3.63) is 0 Å². The van der Waals surface area contributed by atoms with Crippen LogP contribution < -0.4 is 27.0 Å². The first-order valence-corrected chi connectivity index (χ1v) is 6.64. The van der Waals surface area contributed by atoms with Crippen molar-refractivity contribution in [1.82, 2.24) is 21.3 Å². The van der Waals surface area contributed by atoms with Crippen LogP contribution in [0.4, 0.5) is 0 Å². The number of aliphatic hydroxyl groups is 2. The third-order valence-electron chi connectivity index (χ3n) is 2.48. The van der Waals surface area contributed by atoms with E-state index in [1.807, 2.05) is 0 Å². The summed E-state index contributed by atoms with van der Waals surface area (Å²) in [5.74, 6) is -1.74. The van der Waals surface area contributed by atoms with E-state index >= 15 is 0 Å². The Kier molecular flexibility index (Phi) is 11.6. The molecule has 0 rings (SSSR count). The van der Waals surface area contributed by atoms with Crippen LogP contribution >= 0.6 is 0 Å². The maximum absolute atomic E-state index is 9.26. The van der Waals surface area contributed by atoms with Gasteiger partial charge in [-0.1, -0.05) is 6.92 Å². The monoisotopic (exact) mass is 263 g/mol. The highest BCUT2D eigenvalue weighted by Crippen LogP contribution is 1.97. The predicted molar refractivity (Wildman–Crippen MR) is 73.1 cm³/mol. The molecule has 0 atom stereocenters. The Morgan fingerprint density at radius 3 is 1.72 bits per heavy atom. The fourth-order valence-electron chi connectivity index (χ4n) is 1.31. The molecule has 0 spiro atoms. The Morgan fingerprint density at radius 2 is 1.28 bits per heavy atom. The van der Waals surface area contributed by atoms with Crippen LogP contribution in [0.2, 0.25) is 0 Å². The van der Waals surface area contributed by atoms with Gasteiger partial charge in [-0.15, -0.1) is 0 Å². The molecule has 0 aromatic rings. The van der Waals surface area contributed by atoms with E-state index in [2.05, 4.69) is 21.3 Å². The second kappa shape index (κ2) is 11.8. The summed E-state index contributed by atoms with van der Waals surface area (Å²) in [5.41, 5.74) is 5.34. The highest BCUT2D eigenvalue weighted by Gasteiger charge is 2.17. The fraction of sp³-hybridized carbons (Fsp3) is 1.00. The Labute approximate surface area is 110 Å². The zero-order valence-electron chi connectivity index (χ0n) is 11.3. The Morgan fingerprint density at radius 1 is 0.833 bits per heavy atom. The van der Waals surface area contributed by atoms with Crippen LogP contribution in [0.3, 0.4) is 0 Å². The Bertz CT molecular complexity index is 181. The van der Waals surface area contributed by atoms with E-state index in [9.17, 15) is 10.2 Å². The van der Waals surface area contributed by atoms with Crippen LogP contribution in [-0.2, 0) is 0 Å². The first-order chi connectivity index (χ1) is 8.62. The molecule has 18 heavy (non-hydrogen) atoms. The van der Waals surface area contributed by atoms with E-state index < -0.39 is 5.91 Å². The third kappa shape index (κ3) is 12.2. The molecule has 0 bridgehead atoms. The van der Waals surface area contributed by atoms with Crippen molar-refractivity contribution in [2.75, 3.05) is 52.4 Å². The minimum Gasteiger partial charge on any atom is -0.353 e. The molecule has 0 aliphatic carbocycles. The largest absolute Gasteiger partial charge is 0.353 e. The van der Waals surface area contributed by atoms with E-state index in [4.69, 9.17) is 5.73 Å². The molecule has 110 valence electrons. The lowest BCUT2D eigenvalue weighted by atomic mass is 10.3. The van der Waals surface area contributed by atoms with E-state index in [-0.39, 0.29) is 6.42 Å². The van der Waals surface area contributed by atoms with Gasteiger partial charge in [0, 0.05) is 58.8 Å². The molecule has 0 heterocycles. The minimum absolute atomic E-state index is 0.268. The van der Waals surface area contributed by atoms with Gasteiger partial charge in [0.25, 0.3) is 0 Å². The van der Waals surface area contributed by atoms with Crippen LogP contribution in [0, 0.1) is 0 Å². The van der Waals surface area contributed by atoms with Gasteiger partial charge < -0.3 is 31.9 Å². The lowest BCUT2D eigenvalue weighted by Gasteiger charge is -2.21. The van der Waals surface area contributed by atoms with Gasteiger partial charge in [-0.05, 0) is 0 Å². The second-order valence-corrected chi connectivity index (χ2v) is 4.14. The molecule has 0 aliphatic heterocycles. The SMILES string of the molecule is CCC(O)(O)NCCNCCNCCNCCN. The Balaban J connectivity index is 3.08. The van der Waals surface area contributed by atoms with Gasteiger partial charge in [0.15, 0.2) is 0 Å². The van der Waals surface area contributed by atoms with Gasteiger partial charge in [-0.25, -0.2) is 0 Å². The quantitative estimate of drug-likeness (QED) is 0.143. The molecular weight excluding hydrogens is 234 g/mol. The fourth-order valence-corrected chi connectivity index (χ4v) is 1.31. The molecule has 0 aromatic heterocycles. The summed E-state index contributed by atoms with van der Waals surface area (Å²) in [4.78, 5) is 0. The average Bonchev–Trinajstić information content (AvgIpc) is 2.36. The highest BCUT2D eigenvalue weighted by atomic mass is 16.5. The number of hydrogen-bond acceptors (Lipinski definition) is 7. The summed E-state index contributed by atoms with van der Waals surface area (Å²) >= 11 is 0. The molecule has 0 saturated carbocycles. The normalized spacial score (nSPS) is 12.0. The minimum atomic E-state index is -1.74. The predicted octanol–water partition coefficient (Wildman–Crippen LogP) is -2.65. The number of hydrogen-bond donors (Lipinski definition) is 7. The molecule has 0 amide bonds. The molecular formula is C11H29N5O2. The number of nitrogens with two attached hydrogens (primary N) is 1. The molecule has 8 N–H and O–H groups in total. The second-order valence-electron chi connectivity index (χ2n) is 4.14. The van der Waals surface area contributed by atoms with E-state index in [0.717, 1.165) is 32.7 Å². The van der Waals surface area contributed by atoms with E-state index in [1.165, 1.54) is 0 Å². The van der Waals surface area contributed by atoms with Gasteiger partial charge in [-0.3, -0.25) is 5.32 Å². The summed E-state index contributed by atoms with van der Waals surface area (Å²) in [6.45, 7) is 8.06. The van der Waals surface area contributed by atoms with Crippen molar-refractivity contribution in [3.8, 4) is 0 Å². The van der Waals surface area contributed by atoms with Crippen molar-refractivity contribution >= 4 is 0 Å². The van der Waals surface area contributed by atoms with Crippen LogP contribution in [0.5, 0.6) is 0 Å². The van der Waals surface area contributed by atoms with Crippen molar-refractivity contribution < 1.29 is 10.2 Å². The Hall–Kier alpha value is -0.280. The summed E-state index contributed by atoms with van der Waals surface area (Å²) < 4.78 is 0. The van der Waals surface area contributed by atoms with Crippen molar-refractivity contribution in [1.29, 1.82) is 0 Å². The van der Waals surface area contributed by atoms with E-state index in [1.54, 1.807) is 6.92 Å². The topological polar surface area (TPSA) is 115 Å². The average molecular weight is 263 g/mol.